The highest BCUT2D eigenvalue weighted by atomic mass is 16.5. The van der Waals surface area contributed by atoms with E-state index in [0.29, 0.717) is 11.4 Å². The van der Waals surface area contributed by atoms with Crippen molar-refractivity contribution in [2.75, 3.05) is 11.5 Å². The zero-order chi connectivity index (χ0) is 15.1. The van der Waals surface area contributed by atoms with Crippen molar-refractivity contribution in [1.82, 2.24) is 0 Å². The Morgan fingerprint density at radius 3 is 2.05 bits per heavy atom. The van der Waals surface area contributed by atoms with Gasteiger partial charge in [0.1, 0.15) is 11.5 Å². The number of nitrogens with two attached hydrogens (primary N) is 2. The van der Waals surface area contributed by atoms with Crippen molar-refractivity contribution in [3.05, 3.63) is 71.7 Å². The van der Waals surface area contributed by atoms with E-state index in [0.717, 1.165) is 34.6 Å². The average molecular weight is 292 g/mol. The number of furan rings is 1. The van der Waals surface area contributed by atoms with Crippen LogP contribution in [0.3, 0.4) is 0 Å². The smallest absolute Gasteiger partial charge is 0.133 e. The van der Waals surface area contributed by atoms with E-state index in [1.807, 2.05) is 42.5 Å². The van der Waals surface area contributed by atoms with Crippen molar-refractivity contribution in [3.8, 4) is 11.5 Å². The standard InChI is InChI=1S/C18H16N2O2/c19-12-1-3-14-16(7-11-5-6-21-10-11)15-4-2-13(20)9-18(15)22-17(14)8-12/h1-6,8-10,16H,7,19-20H2. The van der Waals surface area contributed by atoms with Crippen molar-refractivity contribution in [3.63, 3.8) is 0 Å². The zero-order valence-electron chi connectivity index (χ0n) is 12.0. The highest BCUT2D eigenvalue weighted by molar-refractivity contribution is 5.61. The van der Waals surface area contributed by atoms with Crippen LogP contribution in [0.1, 0.15) is 22.6 Å². The lowest BCUT2D eigenvalue weighted by Crippen LogP contribution is -2.13. The second-order valence-electron chi connectivity index (χ2n) is 5.58. The predicted octanol–water partition coefficient (Wildman–Crippen LogP) is 3.92. The fourth-order valence-electron chi connectivity index (χ4n) is 3.00. The van der Waals surface area contributed by atoms with Gasteiger partial charge in [-0.1, -0.05) is 12.1 Å². The molecule has 1 aromatic heterocycles. The van der Waals surface area contributed by atoms with Crippen LogP contribution in [0.2, 0.25) is 0 Å². The molecule has 0 radical (unpaired) electrons. The topological polar surface area (TPSA) is 74.4 Å². The number of hydrogen-bond acceptors (Lipinski definition) is 4. The van der Waals surface area contributed by atoms with Crippen LogP contribution in [-0.4, -0.2) is 0 Å². The molecular weight excluding hydrogens is 276 g/mol. The van der Waals surface area contributed by atoms with Gasteiger partial charge in [-0.25, -0.2) is 0 Å². The van der Waals surface area contributed by atoms with E-state index < -0.39 is 0 Å². The van der Waals surface area contributed by atoms with Crippen LogP contribution in [0.4, 0.5) is 11.4 Å². The average Bonchev–Trinajstić information content (AvgIpc) is 2.99. The van der Waals surface area contributed by atoms with Crippen LogP contribution >= 0.6 is 0 Å². The van der Waals surface area contributed by atoms with Crippen LogP contribution in [0.15, 0.2) is 59.4 Å². The minimum absolute atomic E-state index is 0.192. The van der Waals surface area contributed by atoms with Crippen LogP contribution in [0.5, 0.6) is 11.5 Å². The Labute approximate surface area is 128 Å². The largest absolute Gasteiger partial charge is 0.472 e. The van der Waals surface area contributed by atoms with Gasteiger partial charge in [-0.2, -0.15) is 0 Å². The molecule has 3 aromatic rings. The molecule has 0 aliphatic carbocycles. The molecule has 4 N–H and O–H groups in total. The molecule has 0 saturated heterocycles. The first-order valence-corrected chi connectivity index (χ1v) is 7.18. The number of anilines is 2. The Kier molecular flexibility index (Phi) is 2.82. The molecule has 22 heavy (non-hydrogen) atoms. The van der Waals surface area contributed by atoms with Gasteiger partial charge in [-0.15, -0.1) is 0 Å². The zero-order valence-corrected chi connectivity index (χ0v) is 12.0. The monoisotopic (exact) mass is 292 g/mol. The van der Waals surface area contributed by atoms with Crippen molar-refractivity contribution in [2.45, 2.75) is 12.3 Å². The summed E-state index contributed by atoms with van der Waals surface area (Å²) < 4.78 is 11.2. The minimum atomic E-state index is 0.192. The summed E-state index contributed by atoms with van der Waals surface area (Å²) >= 11 is 0. The molecule has 0 unspecified atom stereocenters. The maximum atomic E-state index is 6.01. The van der Waals surface area contributed by atoms with Crippen molar-refractivity contribution >= 4 is 11.4 Å². The molecule has 1 aliphatic rings. The Morgan fingerprint density at radius 2 is 1.50 bits per heavy atom. The molecule has 4 heteroatoms. The fourth-order valence-corrected chi connectivity index (χ4v) is 3.00. The van der Waals surface area contributed by atoms with Gasteiger partial charge >= 0.3 is 0 Å². The number of rotatable bonds is 2. The van der Waals surface area contributed by atoms with E-state index in [1.165, 1.54) is 0 Å². The predicted molar refractivity (Wildman–Crippen MR) is 86.0 cm³/mol. The third-order valence-corrected chi connectivity index (χ3v) is 4.07. The van der Waals surface area contributed by atoms with Crippen LogP contribution in [-0.2, 0) is 6.42 Å². The SMILES string of the molecule is Nc1ccc2c(c1)Oc1cc(N)ccc1C2Cc1ccoc1. The van der Waals surface area contributed by atoms with Gasteiger partial charge in [0.05, 0.1) is 12.5 Å². The minimum Gasteiger partial charge on any atom is -0.472 e. The number of fused-ring (bicyclic) bond motifs is 2. The molecule has 0 spiro atoms. The molecule has 0 atom stereocenters. The van der Waals surface area contributed by atoms with E-state index in [2.05, 4.69) is 0 Å². The van der Waals surface area contributed by atoms with Crippen LogP contribution < -0.4 is 16.2 Å². The molecule has 1 aliphatic heterocycles. The summed E-state index contributed by atoms with van der Waals surface area (Å²) in [5.74, 6) is 1.79. The van der Waals surface area contributed by atoms with Crippen LogP contribution in [0, 0.1) is 0 Å². The second kappa shape index (κ2) is 4.84. The van der Waals surface area contributed by atoms with Crippen LogP contribution in [0.25, 0.3) is 0 Å². The summed E-state index contributed by atoms with van der Waals surface area (Å²) in [5.41, 5.74) is 16.6. The molecule has 110 valence electrons. The number of benzene rings is 2. The summed E-state index contributed by atoms with van der Waals surface area (Å²) in [5, 5.41) is 0. The number of nitrogen functional groups attached to an aromatic ring is 2. The van der Waals surface area contributed by atoms with E-state index in [1.54, 1.807) is 12.5 Å². The quantitative estimate of drug-likeness (QED) is 0.702. The third kappa shape index (κ3) is 2.09. The van der Waals surface area contributed by atoms with Gasteiger partial charge in [0.15, 0.2) is 0 Å². The Bertz CT molecular complexity index is 774. The van der Waals surface area contributed by atoms with Gasteiger partial charge in [-0.3, -0.25) is 0 Å². The van der Waals surface area contributed by atoms with Gasteiger partial charge in [0, 0.05) is 40.6 Å². The molecule has 2 aromatic carbocycles. The lowest BCUT2D eigenvalue weighted by Gasteiger charge is -2.28. The molecule has 2 heterocycles. The molecule has 0 amide bonds. The number of hydrogen-bond donors (Lipinski definition) is 2. The third-order valence-electron chi connectivity index (χ3n) is 4.07. The first-order valence-electron chi connectivity index (χ1n) is 7.18. The van der Waals surface area contributed by atoms with Gasteiger partial charge in [0.25, 0.3) is 0 Å². The summed E-state index contributed by atoms with van der Waals surface area (Å²) in [4.78, 5) is 0. The van der Waals surface area contributed by atoms with Gasteiger partial charge in [0.2, 0.25) is 0 Å². The normalized spacial score (nSPS) is 13.3. The Hall–Kier alpha value is -2.88. The second-order valence-corrected chi connectivity index (χ2v) is 5.58. The maximum Gasteiger partial charge on any atom is 0.133 e. The molecule has 0 saturated carbocycles. The van der Waals surface area contributed by atoms with E-state index in [9.17, 15) is 0 Å². The highest BCUT2D eigenvalue weighted by Crippen LogP contribution is 2.46. The van der Waals surface area contributed by atoms with Crippen molar-refractivity contribution in [1.29, 1.82) is 0 Å². The summed E-state index contributed by atoms with van der Waals surface area (Å²) in [7, 11) is 0. The van der Waals surface area contributed by atoms with Crippen molar-refractivity contribution < 1.29 is 9.15 Å². The summed E-state index contributed by atoms with van der Waals surface area (Å²) in [6.07, 6.45) is 4.32. The molecule has 0 bridgehead atoms. The van der Waals surface area contributed by atoms with Gasteiger partial charge < -0.3 is 20.6 Å². The lowest BCUT2D eigenvalue weighted by molar-refractivity contribution is 0.445. The first-order chi connectivity index (χ1) is 10.7. The van der Waals surface area contributed by atoms with E-state index >= 15 is 0 Å². The van der Waals surface area contributed by atoms with E-state index in [4.69, 9.17) is 20.6 Å². The Morgan fingerprint density at radius 1 is 0.864 bits per heavy atom. The highest BCUT2D eigenvalue weighted by Gasteiger charge is 2.28. The summed E-state index contributed by atoms with van der Waals surface area (Å²) in [6.45, 7) is 0. The first kappa shape index (κ1) is 12.8. The molecule has 4 nitrogen and oxygen atoms in total. The lowest BCUT2D eigenvalue weighted by atomic mass is 9.84. The van der Waals surface area contributed by atoms with E-state index in [-0.39, 0.29) is 5.92 Å². The number of ether oxygens (including phenoxy) is 1. The maximum absolute atomic E-state index is 6.01. The summed E-state index contributed by atoms with van der Waals surface area (Å²) in [6, 6.07) is 13.6. The molecule has 0 fully saturated rings. The van der Waals surface area contributed by atoms with Gasteiger partial charge in [-0.05, 0) is 30.2 Å². The Balaban J connectivity index is 1.85. The fraction of sp³-hybridized carbons (Fsp3) is 0.111. The van der Waals surface area contributed by atoms with Crippen molar-refractivity contribution in [2.24, 2.45) is 0 Å². The molecule has 4 rings (SSSR count). The molecular formula is C18H16N2O2.